The Kier molecular flexibility index (Phi) is 6.38. The molecule has 0 saturated carbocycles. The van der Waals surface area contributed by atoms with E-state index >= 15 is 0 Å². The number of aliphatic hydroxyl groups excluding tert-OH is 1. The summed E-state index contributed by atoms with van der Waals surface area (Å²) in [5.41, 5.74) is 0. The number of aliphatic hydroxyl groups is 1. The van der Waals surface area contributed by atoms with Crippen molar-refractivity contribution < 1.29 is 15.0 Å². The summed E-state index contributed by atoms with van der Waals surface area (Å²) in [7, 11) is 0. The van der Waals surface area contributed by atoms with Gasteiger partial charge < -0.3 is 10.2 Å². The quantitative estimate of drug-likeness (QED) is 0.452. The summed E-state index contributed by atoms with van der Waals surface area (Å²) >= 11 is 0. The van der Waals surface area contributed by atoms with E-state index in [0.717, 1.165) is 25.7 Å². The van der Waals surface area contributed by atoms with Gasteiger partial charge in [0.25, 0.3) is 0 Å². The van der Waals surface area contributed by atoms with Crippen molar-refractivity contribution in [2.75, 3.05) is 0 Å². The van der Waals surface area contributed by atoms with Crippen LogP contribution >= 0.6 is 0 Å². The van der Waals surface area contributed by atoms with Crippen LogP contribution in [0.15, 0.2) is 12.7 Å². The second kappa shape index (κ2) is 6.85. The van der Waals surface area contributed by atoms with Crippen molar-refractivity contribution in [3.63, 3.8) is 0 Å². The normalized spacial score (nSPS) is 12.4. The highest BCUT2D eigenvalue weighted by molar-refractivity contribution is 5.71. The second-order valence-corrected chi connectivity index (χ2v) is 2.78. The summed E-state index contributed by atoms with van der Waals surface area (Å²) in [6.45, 7) is 3.58. The Labute approximate surface area is 72.7 Å². The van der Waals surface area contributed by atoms with Crippen LogP contribution in [0.5, 0.6) is 0 Å². The molecule has 0 aliphatic carbocycles. The van der Waals surface area contributed by atoms with E-state index in [-0.39, 0.29) is 0 Å². The standard InChI is InChI=1S/C9H16O3/c1-2-3-4-5-6-7-8(10)9(11)12/h2,8,10H,1,3-7H2,(H,11,12). The fourth-order valence-corrected chi connectivity index (χ4v) is 0.927. The van der Waals surface area contributed by atoms with Gasteiger partial charge >= 0.3 is 5.97 Å². The summed E-state index contributed by atoms with van der Waals surface area (Å²) in [6, 6.07) is 0. The van der Waals surface area contributed by atoms with Crippen LogP contribution in [0, 0.1) is 0 Å². The Balaban J connectivity index is 3.19. The van der Waals surface area contributed by atoms with Gasteiger partial charge in [0, 0.05) is 0 Å². The number of allylic oxidation sites excluding steroid dienone is 1. The Morgan fingerprint density at radius 2 is 2.08 bits per heavy atom. The highest BCUT2D eigenvalue weighted by Gasteiger charge is 2.11. The van der Waals surface area contributed by atoms with Gasteiger partial charge in [-0.3, -0.25) is 0 Å². The molecule has 3 heteroatoms. The van der Waals surface area contributed by atoms with Gasteiger partial charge in [-0.05, 0) is 19.3 Å². The Bertz CT molecular complexity index is 143. The maximum Gasteiger partial charge on any atom is 0.332 e. The molecule has 12 heavy (non-hydrogen) atoms. The van der Waals surface area contributed by atoms with Crippen molar-refractivity contribution in [1.82, 2.24) is 0 Å². The monoisotopic (exact) mass is 172 g/mol. The second-order valence-electron chi connectivity index (χ2n) is 2.78. The van der Waals surface area contributed by atoms with Crippen molar-refractivity contribution >= 4 is 5.97 Å². The van der Waals surface area contributed by atoms with E-state index in [2.05, 4.69) is 6.58 Å². The molecular weight excluding hydrogens is 156 g/mol. The molecule has 0 fully saturated rings. The molecule has 0 aliphatic rings. The van der Waals surface area contributed by atoms with Gasteiger partial charge in [0.1, 0.15) is 0 Å². The molecule has 0 rings (SSSR count). The average Bonchev–Trinajstić information content (AvgIpc) is 2.03. The minimum absolute atomic E-state index is 0.354. The van der Waals surface area contributed by atoms with Crippen LogP contribution < -0.4 is 0 Å². The number of aliphatic carboxylic acids is 1. The third kappa shape index (κ3) is 5.92. The molecule has 1 atom stereocenters. The van der Waals surface area contributed by atoms with Crippen LogP contribution in [-0.2, 0) is 4.79 Å². The first-order chi connectivity index (χ1) is 5.68. The summed E-state index contributed by atoms with van der Waals surface area (Å²) < 4.78 is 0. The minimum Gasteiger partial charge on any atom is -0.479 e. The molecule has 0 amide bonds. The first-order valence-electron chi connectivity index (χ1n) is 4.20. The first kappa shape index (κ1) is 11.2. The van der Waals surface area contributed by atoms with Crippen LogP contribution in [0.25, 0.3) is 0 Å². The SMILES string of the molecule is C=CCCCCCC(O)C(=O)O. The van der Waals surface area contributed by atoms with Gasteiger partial charge in [0.05, 0.1) is 0 Å². The van der Waals surface area contributed by atoms with Crippen LogP contribution in [-0.4, -0.2) is 22.3 Å². The van der Waals surface area contributed by atoms with Crippen LogP contribution in [0.1, 0.15) is 32.1 Å². The molecule has 0 aromatic heterocycles. The molecule has 3 nitrogen and oxygen atoms in total. The predicted molar refractivity (Wildman–Crippen MR) is 46.9 cm³/mol. The summed E-state index contributed by atoms with van der Waals surface area (Å²) in [6.07, 6.45) is 4.71. The lowest BCUT2D eigenvalue weighted by Crippen LogP contribution is -2.18. The van der Waals surface area contributed by atoms with Crippen molar-refractivity contribution in [1.29, 1.82) is 0 Å². The molecule has 2 N–H and O–H groups in total. The maximum atomic E-state index is 10.2. The third-order valence-electron chi connectivity index (χ3n) is 1.67. The Morgan fingerprint density at radius 3 is 2.58 bits per heavy atom. The minimum atomic E-state index is -1.19. The lowest BCUT2D eigenvalue weighted by Gasteiger charge is -2.03. The fourth-order valence-electron chi connectivity index (χ4n) is 0.927. The van der Waals surface area contributed by atoms with E-state index in [1.165, 1.54) is 0 Å². The third-order valence-corrected chi connectivity index (χ3v) is 1.67. The molecule has 0 aliphatic heterocycles. The summed E-state index contributed by atoms with van der Waals surface area (Å²) in [5, 5.41) is 17.2. The molecule has 0 aromatic carbocycles. The zero-order valence-corrected chi connectivity index (χ0v) is 7.20. The average molecular weight is 172 g/mol. The molecule has 0 heterocycles. The smallest absolute Gasteiger partial charge is 0.332 e. The highest BCUT2D eigenvalue weighted by Crippen LogP contribution is 2.05. The van der Waals surface area contributed by atoms with E-state index in [1.807, 2.05) is 6.08 Å². The zero-order valence-electron chi connectivity index (χ0n) is 7.20. The number of rotatable bonds is 7. The number of carboxylic acids is 1. The molecule has 0 radical (unpaired) electrons. The van der Waals surface area contributed by atoms with E-state index in [1.54, 1.807) is 0 Å². The van der Waals surface area contributed by atoms with Crippen LogP contribution in [0.2, 0.25) is 0 Å². The predicted octanol–water partition coefficient (Wildman–Crippen LogP) is 1.57. The lowest BCUT2D eigenvalue weighted by molar-refractivity contribution is -0.146. The summed E-state index contributed by atoms with van der Waals surface area (Å²) in [5.74, 6) is -1.13. The van der Waals surface area contributed by atoms with E-state index < -0.39 is 12.1 Å². The number of carboxylic acid groups (broad SMARTS) is 1. The van der Waals surface area contributed by atoms with Crippen molar-refractivity contribution in [2.45, 2.75) is 38.2 Å². The molecule has 70 valence electrons. The topological polar surface area (TPSA) is 57.5 Å². The van der Waals surface area contributed by atoms with Gasteiger partial charge in [0.2, 0.25) is 0 Å². The Hall–Kier alpha value is -0.830. The van der Waals surface area contributed by atoms with Crippen molar-refractivity contribution in [3.05, 3.63) is 12.7 Å². The summed E-state index contributed by atoms with van der Waals surface area (Å²) in [4.78, 5) is 10.2. The van der Waals surface area contributed by atoms with Gasteiger partial charge in [-0.1, -0.05) is 18.9 Å². The van der Waals surface area contributed by atoms with Gasteiger partial charge in [0.15, 0.2) is 6.10 Å². The number of unbranched alkanes of at least 4 members (excludes halogenated alkanes) is 3. The number of carbonyl (C=O) groups is 1. The van der Waals surface area contributed by atoms with E-state index in [4.69, 9.17) is 10.2 Å². The van der Waals surface area contributed by atoms with Crippen LogP contribution in [0.4, 0.5) is 0 Å². The van der Waals surface area contributed by atoms with Crippen molar-refractivity contribution in [3.8, 4) is 0 Å². The molecule has 0 saturated heterocycles. The Morgan fingerprint density at radius 1 is 1.42 bits per heavy atom. The number of hydrogen-bond donors (Lipinski definition) is 2. The molecular formula is C9H16O3. The van der Waals surface area contributed by atoms with E-state index in [9.17, 15) is 4.79 Å². The molecule has 0 bridgehead atoms. The van der Waals surface area contributed by atoms with Gasteiger partial charge in [-0.15, -0.1) is 6.58 Å². The maximum absolute atomic E-state index is 10.2. The largest absolute Gasteiger partial charge is 0.479 e. The number of hydrogen-bond acceptors (Lipinski definition) is 2. The van der Waals surface area contributed by atoms with Crippen LogP contribution in [0.3, 0.4) is 0 Å². The molecule has 0 aromatic rings. The molecule has 1 unspecified atom stereocenters. The fraction of sp³-hybridized carbons (Fsp3) is 0.667. The zero-order chi connectivity index (χ0) is 9.40. The van der Waals surface area contributed by atoms with Gasteiger partial charge in [-0.25, -0.2) is 4.79 Å². The lowest BCUT2D eigenvalue weighted by atomic mass is 10.1. The highest BCUT2D eigenvalue weighted by atomic mass is 16.4. The van der Waals surface area contributed by atoms with Crippen molar-refractivity contribution in [2.24, 2.45) is 0 Å². The van der Waals surface area contributed by atoms with E-state index in [0.29, 0.717) is 6.42 Å². The first-order valence-corrected chi connectivity index (χ1v) is 4.20. The van der Waals surface area contributed by atoms with Gasteiger partial charge in [-0.2, -0.15) is 0 Å². The molecule has 0 spiro atoms.